The van der Waals surface area contributed by atoms with Crippen LogP contribution < -0.4 is 10.0 Å². The van der Waals surface area contributed by atoms with Gasteiger partial charge in [-0.25, -0.2) is 13.1 Å². The van der Waals surface area contributed by atoms with Crippen LogP contribution >= 0.6 is 0 Å². The summed E-state index contributed by atoms with van der Waals surface area (Å²) in [5.41, 5.74) is 4.43. The van der Waals surface area contributed by atoms with Crippen molar-refractivity contribution >= 4 is 15.9 Å². The Bertz CT molecular complexity index is 668. The summed E-state index contributed by atoms with van der Waals surface area (Å²) >= 11 is 0. The zero-order valence-corrected chi connectivity index (χ0v) is 14.2. The Balaban J connectivity index is 2.10. The van der Waals surface area contributed by atoms with Crippen LogP contribution in [0.5, 0.6) is 0 Å². The molecule has 1 aliphatic carbocycles. The lowest BCUT2D eigenvalue weighted by Gasteiger charge is -2.18. The van der Waals surface area contributed by atoms with Crippen LogP contribution in [0.4, 0.5) is 0 Å². The number of rotatable bonds is 6. The summed E-state index contributed by atoms with van der Waals surface area (Å²) in [6.07, 6.45) is 4.86. The van der Waals surface area contributed by atoms with E-state index in [0.29, 0.717) is 6.42 Å². The number of aryl methyl sites for hydroxylation is 1. The van der Waals surface area contributed by atoms with Crippen LogP contribution in [0.15, 0.2) is 12.1 Å². The lowest BCUT2D eigenvalue weighted by atomic mass is 9.98. The average Bonchev–Trinajstić information content (AvgIpc) is 2.92. The first-order valence-corrected chi connectivity index (χ1v) is 9.57. The summed E-state index contributed by atoms with van der Waals surface area (Å²) < 4.78 is 24.8. The van der Waals surface area contributed by atoms with Gasteiger partial charge in [0.25, 0.3) is 5.91 Å². The van der Waals surface area contributed by atoms with Gasteiger partial charge in [-0.3, -0.25) is 4.79 Å². The third-order valence-corrected chi connectivity index (χ3v) is 4.87. The molecule has 5 nitrogen and oxygen atoms in total. The molecule has 2 rings (SSSR count). The van der Waals surface area contributed by atoms with Gasteiger partial charge in [0.15, 0.2) is 0 Å². The topological polar surface area (TPSA) is 75.3 Å². The Morgan fingerprint density at radius 2 is 1.95 bits per heavy atom. The maximum absolute atomic E-state index is 12.5. The second-order valence-corrected chi connectivity index (χ2v) is 7.77. The third kappa shape index (κ3) is 4.08. The van der Waals surface area contributed by atoms with E-state index < -0.39 is 10.0 Å². The number of carbonyl (C=O) groups excluding carboxylic acids is 1. The van der Waals surface area contributed by atoms with Gasteiger partial charge in [0.2, 0.25) is 10.0 Å². The predicted octanol–water partition coefficient (Wildman–Crippen LogP) is 1.54. The minimum atomic E-state index is -3.25. The van der Waals surface area contributed by atoms with E-state index in [0.717, 1.165) is 36.6 Å². The zero-order chi connectivity index (χ0) is 16.3. The van der Waals surface area contributed by atoms with Gasteiger partial charge in [-0.15, -0.1) is 0 Å². The van der Waals surface area contributed by atoms with Crippen LogP contribution in [-0.4, -0.2) is 33.2 Å². The highest BCUT2D eigenvalue weighted by atomic mass is 32.2. The Morgan fingerprint density at radius 1 is 1.27 bits per heavy atom. The van der Waals surface area contributed by atoms with E-state index in [9.17, 15) is 13.2 Å². The van der Waals surface area contributed by atoms with Crippen LogP contribution in [-0.2, 0) is 22.9 Å². The van der Waals surface area contributed by atoms with Crippen molar-refractivity contribution in [3.05, 3.63) is 34.4 Å². The van der Waals surface area contributed by atoms with E-state index in [-0.39, 0.29) is 18.5 Å². The van der Waals surface area contributed by atoms with Crippen LogP contribution in [0, 0.1) is 6.92 Å². The molecule has 1 amide bonds. The molecule has 22 heavy (non-hydrogen) atoms. The molecule has 0 aromatic heterocycles. The second-order valence-electron chi connectivity index (χ2n) is 5.94. The van der Waals surface area contributed by atoms with Gasteiger partial charge in [-0.1, -0.05) is 13.0 Å². The van der Waals surface area contributed by atoms with Gasteiger partial charge in [0, 0.05) is 18.2 Å². The third-order valence-electron chi connectivity index (χ3n) is 4.18. The minimum Gasteiger partial charge on any atom is -0.348 e. The summed E-state index contributed by atoms with van der Waals surface area (Å²) in [6.45, 7) is 4.22. The van der Waals surface area contributed by atoms with Crippen LogP contribution in [0.1, 0.15) is 46.8 Å². The molecule has 1 atom stereocenters. The molecule has 6 heteroatoms. The quantitative estimate of drug-likeness (QED) is 0.833. The molecule has 1 aromatic carbocycles. The van der Waals surface area contributed by atoms with Gasteiger partial charge >= 0.3 is 0 Å². The molecular weight excluding hydrogens is 300 g/mol. The van der Waals surface area contributed by atoms with Crippen LogP contribution in [0.25, 0.3) is 0 Å². The van der Waals surface area contributed by atoms with E-state index in [2.05, 4.69) is 17.0 Å². The summed E-state index contributed by atoms with van der Waals surface area (Å²) in [5.74, 6) is -0.111. The molecule has 0 fully saturated rings. The first kappa shape index (κ1) is 17.0. The SMILES string of the molecule is CCC(CNS(C)(=O)=O)NC(=O)c1ccc(C)c2c1CCC2. The molecule has 0 spiro atoms. The number of benzene rings is 1. The number of amides is 1. The van der Waals surface area contributed by atoms with Crippen molar-refractivity contribution in [2.75, 3.05) is 12.8 Å². The highest BCUT2D eigenvalue weighted by Gasteiger charge is 2.22. The largest absolute Gasteiger partial charge is 0.348 e. The Labute approximate surface area is 132 Å². The molecule has 122 valence electrons. The molecule has 1 aromatic rings. The van der Waals surface area contributed by atoms with E-state index in [4.69, 9.17) is 0 Å². The highest BCUT2D eigenvalue weighted by molar-refractivity contribution is 7.88. The summed E-state index contributed by atoms with van der Waals surface area (Å²) in [4.78, 5) is 12.5. The molecule has 0 saturated carbocycles. The zero-order valence-electron chi connectivity index (χ0n) is 13.4. The lowest BCUT2D eigenvalue weighted by molar-refractivity contribution is 0.0935. The molecule has 0 bridgehead atoms. The van der Waals surface area contributed by atoms with Crippen molar-refractivity contribution in [1.29, 1.82) is 0 Å². The highest BCUT2D eigenvalue weighted by Crippen LogP contribution is 2.28. The molecule has 1 aliphatic rings. The van der Waals surface area contributed by atoms with Crippen molar-refractivity contribution in [3.63, 3.8) is 0 Å². The number of sulfonamides is 1. The van der Waals surface area contributed by atoms with Crippen molar-refractivity contribution in [3.8, 4) is 0 Å². The van der Waals surface area contributed by atoms with Crippen LogP contribution in [0.3, 0.4) is 0 Å². The number of hydrogen-bond acceptors (Lipinski definition) is 3. The smallest absolute Gasteiger partial charge is 0.251 e. The fourth-order valence-electron chi connectivity index (χ4n) is 2.91. The van der Waals surface area contributed by atoms with Crippen molar-refractivity contribution in [2.45, 2.75) is 45.6 Å². The van der Waals surface area contributed by atoms with E-state index >= 15 is 0 Å². The number of nitrogens with one attached hydrogen (secondary N) is 2. The number of hydrogen-bond donors (Lipinski definition) is 2. The van der Waals surface area contributed by atoms with Gasteiger partial charge in [-0.2, -0.15) is 0 Å². The van der Waals surface area contributed by atoms with Crippen molar-refractivity contribution in [2.24, 2.45) is 0 Å². The first-order chi connectivity index (χ1) is 10.3. The maximum Gasteiger partial charge on any atom is 0.251 e. The molecule has 0 saturated heterocycles. The molecule has 2 N–H and O–H groups in total. The fourth-order valence-corrected chi connectivity index (χ4v) is 3.41. The number of carbonyl (C=O) groups is 1. The number of fused-ring (bicyclic) bond motifs is 1. The summed E-state index contributed by atoms with van der Waals surface area (Å²) in [5, 5.41) is 2.94. The molecular formula is C16H24N2O3S. The normalized spacial score (nSPS) is 15.4. The monoisotopic (exact) mass is 324 g/mol. The van der Waals surface area contributed by atoms with Gasteiger partial charge < -0.3 is 5.32 Å². The average molecular weight is 324 g/mol. The lowest BCUT2D eigenvalue weighted by Crippen LogP contribution is -2.43. The van der Waals surface area contributed by atoms with E-state index in [1.54, 1.807) is 0 Å². The van der Waals surface area contributed by atoms with E-state index in [1.165, 1.54) is 11.1 Å². The standard InChI is InChI=1S/C16H24N2O3S/c1-4-12(10-17-22(3,20)21)18-16(19)15-9-8-11(2)13-6-5-7-14(13)15/h8-9,12,17H,4-7,10H2,1-3H3,(H,18,19). The Hall–Kier alpha value is -1.40. The van der Waals surface area contributed by atoms with Crippen molar-refractivity contribution in [1.82, 2.24) is 10.0 Å². The molecule has 0 radical (unpaired) electrons. The van der Waals surface area contributed by atoms with Gasteiger partial charge in [-0.05, 0) is 55.4 Å². The summed E-state index contributed by atoms with van der Waals surface area (Å²) in [7, 11) is -3.25. The Morgan fingerprint density at radius 3 is 2.59 bits per heavy atom. The molecule has 0 heterocycles. The molecule has 1 unspecified atom stereocenters. The summed E-state index contributed by atoms with van der Waals surface area (Å²) in [6, 6.07) is 3.67. The maximum atomic E-state index is 12.5. The van der Waals surface area contributed by atoms with Gasteiger partial charge in [0.05, 0.1) is 6.26 Å². The minimum absolute atomic E-state index is 0.111. The van der Waals surface area contributed by atoms with Crippen LogP contribution in [0.2, 0.25) is 0 Å². The Kier molecular flexibility index (Phi) is 5.24. The molecule has 0 aliphatic heterocycles. The second kappa shape index (κ2) is 6.79. The van der Waals surface area contributed by atoms with E-state index in [1.807, 2.05) is 19.1 Å². The first-order valence-electron chi connectivity index (χ1n) is 7.68. The predicted molar refractivity (Wildman–Crippen MR) is 87.6 cm³/mol. The fraction of sp³-hybridized carbons (Fsp3) is 0.562. The van der Waals surface area contributed by atoms with Crippen molar-refractivity contribution < 1.29 is 13.2 Å². The van der Waals surface area contributed by atoms with Gasteiger partial charge in [0.1, 0.15) is 0 Å².